The highest BCUT2D eigenvalue weighted by atomic mass is 32.2. The molecule has 1 aromatic carbocycles. The first kappa shape index (κ1) is 16.9. The van der Waals surface area contributed by atoms with E-state index < -0.39 is 5.25 Å². The van der Waals surface area contributed by atoms with Crippen LogP contribution >= 0.6 is 11.8 Å². The molecule has 0 saturated carbocycles. The fourth-order valence-electron chi connectivity index (χ4n) is 1.80. The molecular formula is C14H17N5O3S. The molecule has 9 heteroatoms. The van der Waals surface area contributed by atoms with E-state index in [0.717, 1.165) is 0 Å². The van der Waals surface area contributed by atoms with Crippen LogP contribution in [0.5, 0.6) is 0 Å². The Labute approximate surface area is 137 Å². The first-order valence-electron chi connectivity index (χ1n) is 7.01. The molecule has 1 aromatic heterocycles. The lowest BCUT2D eigenvalue weighted by Gasteiger charge is -2.10. The average Bonchev–Trinajstić information content (AvgIpc) is 2.95. The molecule has 1 atom stereocenters. The molecule has 8 nitrogen and oxygen atoms in total. The lowest BCUT2D eigenvalue weighted by molar-refractivity contribution is -0.142. The van der Waals surface area contributed by atoms with Crippen LogP contribution in [0.4, 0.5) is 5.69 Å². The molecule has 0 aliphatic heterocycles. The van der Waals surface area contributed by atoms with Crippen molar-refractivity contribution in [2.75, 3.05) is 11.9 Å². The summed E-state index contributed by atoms with van der Waals surface area (Å²) in [6, 6.07) is 7.10. The van der Waals surface area contributed by atoms with Crippen LogP contribution < -0.4 is 5.32 Å². The van der Waals surface area contributed by atoms with Crippen molar-refractivity contribution in [1.82, 2.24) is 20.2 Å². The number of thioether (sulfide) groups is 1. The molecule has 0 aliphatic rings. The summed E-state index contributed by atoms with van der Waals surface area (Å²) in [7, 11) is 0. The van der Waals surface area contributed by atoms with Crippen molar-refractivity contribution in [2.45, 2.75) is 31.2 Å². The van der Waals surface area contributed by atoms with Gasteiger partial charge in [0.25, 0.3) is 0 Å². The van der Waals surface area contributed by atoms with Crippen molar-refractivity contribution in [2.24, 2.45) is 0 Å². The first-order valence-corrected chi connectivity index (χ1v) is 7.89. The van der Waals surface area contributed by atoms with Crippen LogP contribution in [0.1, 0.15) is 20.8 Å². The number of nitrogens with zero attached hydrogens (tertiary/aromatic N) is 4. The van der Waals surface area contributed by atoms with Gasteiger partial charge in [-0.3, -0.25) is 9.59 Å². The molecule has 0 unspecified atom stereocenters. The minimum atomic E-state index is -0.432. The third-order valence-corrected chi connectivity index (χ3v) is 3.76. The minimum Gasteiger partial charge on any atom is -0.465 e. The number of ether oxygens (including phenoxy) is 1. The number of aromatic nitrogens is 4. The smallest absolute Gasteiger partial charge is 0.319 e. The molecule has 0 saturated heterocycles. The van der Waals surface area contributed by atoms with Gasteiger partial charge in [0.2, 0.25) is 11.1 Å². The van der Waals surface area contributed by atoms with Gasteiger partial charge in [0.1, 0.15) is 5.25 Å². The predicted octanol–water partition coefficient (Wildman–Crippen LogP) is 1.66. The summed E-state index contributed by atoms with van der Waals surface area (Å²) >= 11 is 1.20. The summed E-state index contributed by atoms with van der Waals surface area (Å²) in [6.07, 6.45) is 0. The normalized spacial score (nSPS) is 11.8. The molecular weight excluding hydrogens is 318 g/mol. The summed E-state index contributed by atoms with van der Waals surface area (Å²) in [6.45, 7) is 5.25. The van der Waals surface area contributed by atoms with Crippen molar-refractivity contribution in [3.8, 4) is 5.69 Å². The van der Waals surface area contributed by atoms with Crippen molar-refractivity contribution in [3.63, 3.8) is 0 Å². The van der Waals surface area contributed by atoms with Gasteiger partial charge in [-0.15, -0.1) is 5.10 Å². The van der Waals surface area contributed by atoms with Crippen LogP contribution in [-0.4, -0.2) is 43.9 Å². The Kier molecular flexibility index (Phi) is 5.69. The largest absolute Gasteiger partial charge is 0.465 e. The van der Waals surface area contributed by atoms with Crippen molar-refractivity contribution in [1.29, 1.82) is 0 Å². The molecule has 2 aromatic rings. The number of carbonyl (C=O) groups is 2. The minimum absolute atomic E-state index is 0.163. The van der Waals surface area contributed by atoms with E-state index >= 15 is 0 Å². The lowest BCUT2D eigenvalue weighted by Crippen LogP contribution is -2.17. The van der Waals surface area contributed by atoms with Crippen LogP contribution in [0.3, 0.4) is 0 Å². The number of anilines is 1. The van der Waals surface area contributed by atoms with Crippen LogP contribution in [0, 0.1) is 0 Å². The van der Waals surface area contributed by atoms with E-state index in [0.29, 0.717) is 23.1 Å². The SMILES string of the molecule is CCOC(=O)[C@@H](C)Sc1nnnn1-c1cccc(NC(C)=O)c1. The Bertz CT molecular complexity index is 703. The standard InChI is InChI=1S/C14H17N5O3S/c1-4-22-13(21)9(2)23-14-16-17-18-19(14)12-7-5-6-11(8-12)15-10(3)20/h5-9H,4H2,1-3H3,(H,15,20)/t9-/m1/s1. The van der Waals surface area contributed by atoms with E-state index in [-0.39, 0.29) is 11.9 Å². The Morgan fingerprint density at radius 2 is 2.22 bits per heavy atom. The zero-order chi connectivity index (χ0) is 16.8. The van der Waals surface area contributed by atoms with Gasteiger partial charge in [0.15, 0.2) is 0 Å². The zero-order valence-corrected chi connectivity index (χ0v) is 13.8. The number of tetrazole rings is 1. The second-order valence-electron chi connectivity index (χ2n) is 4.62. The van der Waals surface area contributed by atoms with Gasteiger partial charge in [0, 0.05) is 12.6 Å². The Morgan fingerprint density at radius 1 is 1.43 bits per heavy atom. The molecule has 1 N–H and O–H groups in total. The topological polar surface area (TPSA) is 99.0 Å². The van der Waals surface area contributed by atoms with Crippen molar-refractivity contribution >= 4 is 29.3 Å². The number of amides is 1. The molecule has 23 heavy (non-hydrogen) atoms. The van der Waals surface area contributed by atoms with Crippen molar-refractivity contribution < 1.29 is 14.3 Å². The molecule has 2 rings (SSSR count). The number of carbonyl (C=O) groups excluding carboxylic acids is 2. The molecule has 1 amide bonds. The summed E-state index contributed by atoms with van der Waals surface area (Å²) in [5.41, 5.74) is 1.32. The molecule has 0 spiro atoms. The fourth-order valence-corrected chi connectivity index (χ4v) is 2.60. The Hall–Kier alpha value is -2.42. The number of rotatable bonds is 6. The molecule has 0 bridgehead atoms. The van der Waals surface area contributed by atoms with Gasteiger partial charge in [-0.05, 0) is 42.5 Å². The lowest BCUT2D eigenvalue weighted by atomic mass is 10.3. The summed E-state index contributed by atoms with van der Waals surface area (Å²) in [5, 5.41) is 14.3. The maximum Gasteiger partial charge on any atom is 0.319 e. The number of hydrogen-bond acceptors (Lipinski definition) is 7. The monoisotopic (exact) mass is 335 g/mol. The average molecular weight is 335 g/mol. The van der Waals surface area contributed by atoms with Gasteiger partial charge >= 0.3 is 5.97 Å². The molecule has 1 heterocycles. The highest BCUT2D eigenvalue weighted by molar-refractivity contribution is 8.00. The van der Waals surface area contributed by atoms with Crippen LogP contribution in [-0.2, 0) is 14.3 Å². The Balaban J connectivity index is 2.20. The Morgan fingerprint density at radius 3 is 2.91 bits per heavy atom. The molecule has 0 fully saturated rings. The third kappa shape index (κ3) is 4.52. The number of esters is 1. The number of nitrogens with one attached hydrogen (secondary N) is 1. The van der Waals surface area contributed by atoms with E-state index in [1.165, 1.54) is 23.4 Å². The quantitative estimate of drug-likeness (QED) is 0.633. The van der Waals surface area contributed by atoms with E-state index in [2.05, 4.69) is 20.8 Å². The zero-order valence-electron chi connectivity index (χ0n) is 13.0. The maximum atomic E-state index is 11.7. The predicted molar refractivity (Wildman–Crippen MR) is 85.4 cm³/mol. The van der Waals surface area contributed by atoms with E-state index in [1.54, 1.807) is 38.1 Å². The van der Waals surface area contributed by atoms with Gasteiger partial charge in [-0.25, -0.2) is 0 Å². The van der Waals surface area contributed by atoms with Crippen LogP contribution in [0.15, 0.2) is 29.4 Å². The van der Waals surface area contributed by atoms with Crippen molar-refractivity contribution in [3.05, 3.63) is 24.3 Å². The van der Waals surface area contributed by atoms with Gasteiger partial charge < -0.3 is 10.1 Å². The number of hydrogen-bond donors (Lipinski definition) is 1. The number of benzene rings is 1. The molecule has 122 valence electrons. The van der Waals surface area contributed by atoms with E-state index in [9.17, 15) is 9.59 Å². The van der Waals surface area contributed by atoms with Crippen LogP contribution in [0.2, 0.25) is 0 Å². The summed E-state index contributed by atoms with van der Waals surface area (Å²) in [4.78, 5) is 22.9. The van der Waals surface area contributed by atoms with Gasteiger partial charge in [-0.1, -0.05) is 17.8 Å². The second kappa shape index (κ2) is 7.73. The molecule has 0 radical (unpaired) electrons. The summed E-state index contributed by atoms with van der Waals surface area (Å²) < 4.78 is 6.48. The second-order valence-corrected chi connectivity index (χ2v) is 5.92. The highest BCUT2D eigenvalue weighted by Gasteiger charge is 2.20. The van der Waals surface area contributed by atoms with Gasteiger partial charge in [-0.2, -0.15) is 4.68 Å². The molecule has 0 aliphatic carbocycles. The fraction of sp³-hybridized carbons (Fsp3) is 0.357. The van der Waals surface area contributed by atoms with E-state index in [4.69, 9.17) is 4.74 Å². The van der Waals surface area contributed by atoms with Crippen LogP contribution in [0.25, 0.3) is 5.69 Å². The highest BCUT2D eigenvalue weighted by Crippen LogP contribution is 2.24. The third-order valence-electron chi connectivity index (χ3n) is 2.75. The first-order chi connectivity index (χ1) is 11.0. The van der Waals surface area contributed by atoms with E-state index in [1.807, 2.05) is 0 Å². The summed E-state index contributed by atoms with van der Waals surface area (Å²) in [5.74, 6) is -0.483. The maximum absolute atomic E-state index is 11.7. The van der Waals surface area contributed by atoms with Gasteiger partial charge in [0.05, 0.1) is 12.3 Å².